The molecule has 0 N–H and O–H groups in total. The molecule has 2 fully saturated rings. The number of nitrogens with zero attached hydrogens (tertiary/aromatic N) is 4. The van der Waals surface area contributed by atoms with Gasteiger partial charge in [0.2, 0.25) is 11.9 Å². The van der Waals surface area contributed by atoms with Gasteiger partial charge in [-0.15, -0.1) is 0 Å². The van der Waals surface area contributed by atoms with Gasteiger partial charge in [0.05, 0.1) is 0 Å². The van der Waals surface area contributed by atoms with Crippen molar-refractivity contribution in [3.63, 3.8) is 0 Å². The lowest BCUT2D eigenvalue weighted by molar-refractivity contribution is -0.131. The first-order chi connectivity index (χ1) is 9.69. The summed E-state index contributed by atoms with van der Waals surface area (Å²) in [4.78, 5) is 24.5. The van der Waals surface area contributed by atoms with Crippen molar-refractivity contribution >= 4 is 11.9 Å². The first-order valence-corrected chi connectivity index (χ1v) is 7.46. The first-order valence-electron chi connectivity index (χ1n) is 7.46. The smallest absolute Gasteiger partial charge is 0.225 e. The number of likely N-dealkylation sites (tertiary alicyclic amines) is 1. The molecule has 2 aliphatic rings. The van der Waals surface area contributed by atoms with Crippen LogP contribution in [0.4, 0.5) is 5.95 Å². The number of rotatable bonds is 1. The molecule has 3 heterocycles. The highest BCUT2D eigenvalue weighted by Crippen LogP contribution is 2.40. The van der Waals surface area contributed by atoms with Crippen molar-refractivity contribution < 1.29 is 4.79 Å². The summed E-state index contributed by atoms with van der Waals surface area (Å²) < 4.78 is 0. The van der Waals surface area contributed by atoms with Crippen LogP contribution < -0.4 is 4.90 Å². The van der Waals surface area contributed by atoms with Gasteiger partial charge in [-0.3, -0.25) is 4.79 Å². The average molecular weight is 274 g/mol. The quantitative estimate of drug-likeness (QED) is 0.782. The monoisotopic (exact) mass is 274 g/mol. The molecular weight excluding hydrogens is 252 g/mol. The lowest BCUT2D eigenvalue weighted by Crippen LogP contribution is -2.50. The maximum Gasteiger partial charge on any atom is 0.225 e. The van der Waals surface area contributed by atoms with Gasteiger partial charge < -0.3 is 9.80 Å². The summed E-state index contributed by atoms with van der Waals surface area (Å²) in [6.45, 7) is 5.55. The molecule has 20 heavy (non-hydrogen) atoms. The van der Waals surface area contributed by atoms with Crippen LogP contribution in [0.5, 0.6) is 0 Å². The highest BCUT2D eigenvalue weighted by Gasteiger charge is 2.39. The maximum atomic E-state index is 11.5. The molecule has 108 valence electrons. The molecule has 1 aromatic heterocycles. The van der Waals surface area contributed by atoms with Gasteiger partial charge >= 0.3 is 0 Å². The van der Waals surface area contributed by atoms with Gasteiger partial charge in [0.15, 0.2) is 0 Å². The molecule has 1 aromatic rings. The summed E-state index contributed by atoms with van der Waals surface area (Å²) in [5.74, 6) is 1.06. The van der Waals surface area contributed by atoms with E-state index in [0.717, 1.165) is 45.0 Å². The van der Waals surface area contributed by atoms with E-state index >= 15 is 0 Å². The van der Waals surface area contributed by atoms with E-state index in [1.54, 1.807) is 6.92 Å². The highest BCUT2D eigenvalue weighted by atomic mass is 16.2. The van der Waals surface area contributed by atoms with Crippen molar-refractivity contribution in [3.05, 3.63) is 18.5 Å². The molecule has 0 radical (unpaired) electrons. The second-order valence-corrected chi connectivity index (χ2v) is 6.08. The van der Waals surface area contributed by atoms with Crippen molar-refractivity contribution in [1.82, 2.24) is 14.9 Å². The molecule has 0 unspecified atom stereocenters. The van der Waals surface area contributed by atoms with E-state index in [0.29, 0.717) is 5.41 Å². The summed E-state index contributed by atoms with van der Waals surface area (Å²) in [5.41, 5.74) is 0.351. The Balaban J connectivity index is 1.68. The second kappa shape index (κ2) is 5.38. The zero-order valence-corrected chi connectivity index (χ0v) is 12.1. The molecule has 0 atom stereocenters. The van der Waals surface area contributed by atoms with Crippen LogP contribution in [-0.4, -0.2) is 47.0 Å². The van der Waals surface area contributed by atoms with Crippen molar-refractivity contribution in [2.75, 3.05) is 31.1 Å². The maximum absolute atomic E-state index is 11.5. The van der Waals surface area contributed by atoms with Crippen molar-refractivity contribution in [1.29, 1.82) is 0 Å². The minimum absolute atomic E-state index is 0.207. The summed E-state index contributed by atoms with van der Waals surface area (Å²) in [6, 6.07) is 1.86. The fourth-order valence-corrected chi connectivity index (χ4v) is 3.54. The minimum atomic E-state index is 0.207. The summed E-state index contributed by atoms with van der Waals surface area (Å²) in [7, 11) is 0. The largest absolute Gasteiger partial charge is 0.343 e. The molecule has 5 nitrogen and oxygen atoms in total. The van der Waals surface area contributed by atoms with Gasteiger partial charge in [-0.25, -0.2) is 9.97 Å². The van der Waals surface area contributed by atoms with Gasteiger partial charge in [-0.2, -0.15) is 0 Å². The fraction of sp³-hybridized carbons (Fsp3) is 0.667. The zero-order valence-electron chi connectivity index (χ0n) is 12.1. The van der Waals surface area contributed by atoms with Gasteiger partial charge in [-0.05, 0) is 37.2 Å². The van der Waals surface area contributed by atoms with E-state index in [4.69, 9.17) is 0 Å². The molecule has 2 aliphatic heterocycles. The number of aromatic nitrogens is 2. The Morgan fingerprint density at radius 1 is 1.15 bits per heavy atom. The molecule has 0 aliphatic carbocycles. The number of anilines is 1. The molecule has 0 bridgehead atoms. The normalized spacial score (nSPS) is 22.1. The Bertz CT molecular complexity index is 468. The zero-order chi connectivity index (χ0) is 14.0. The highest BCUT2D eigenvalue weighted by molar-refractivity contribution is 5.73. The van der Waals surface area contributed by atoms with Gasteiger partial charge in [-0.1, -0.05) is 0 Å². The average Bonchev–Trinajstić information content (AvgIpc) is 2.49. The van der Waals surface area contributed by atoms with Crippen LogP contribution in [0.15, 0.2) is 18.5 Å². The molecule has 5 heteroatoms. The van der Waals surface area contributed by atoms with E-state index < -0.39 is 0 Å². The van der Waals surface area contributed by atoms with Crippen molar-refractivity contribution in [2.45, 2.75) is 32.6 Å². The van der Waals surface area contributed by atoms with Gasteiger partial charge in [0.1, 0.15) is 0 Å². The number of piperidine rings is 2. The summed E-state index contributed by atoms with van der Waals surface area (Å²) in [6.07, 6.45) is 8.29. The van der Waals surface area contributed by atoms with Crippen LogP contribution in [0.1, 0.15) is 32.6 Å². The topological polar surface area (TPSA) is 49.3 Å². The van der Waals surface area contributed by atoms with E-state index in [1.165, 1.54) is 12.8 Å². The number of carbonyl (C=O) groups excluding carboxylic acids is 1. The second-order valence-electron chi connectivity index (χ2n) is 6.08. The van der Waals surface area contributed by atoms with Crippen LogP contribution >= 0.6 is 0 Å². The Morgan fingerprint density at radius 3 is 2.50 bits per heavy atom. The van der Waals surface area contributed by atoms with Gasteiger partial charge in [0, 0.05) is 45.5 Å². The Hall–Kier alpha value is -1.65. The molecular formula is C15H22N4O. The molecule has 0 aromatic carbocycles. The van der Waals surface area contributed by atoms with E-state index in [2.05, 4.69) is 14.9 Å². The fourth-order valence-electron chi connectivity index (χ4n) is 3.54. The van der Waals surface area contributed by atoms with E-state index in [9.17, 15) is 4.79 Å². The predicted octanol–water partition coefficient (Wildman–Crippen LogP) is 1.71. The lowest BCUT2D eigenvalue weighted by atomic mass is 9.72. The lowest BCUT2D eigenvalue weighted by Gasteiger charge is -2.47. The van der Waals surface area contributed by atoms with Gasteiger partial charge in [0.25, 0.3) is 0 Å². The standard InChI is InChI=1S/C15H22N4O/c1-13(20)18-10-5-15(6-11-18)4-2-9-19(12-15)14-16-7-3-8-17-14/h3,7-8H,2,4-6,9-12H2,1H3. The molecule has 1 amide bonds. The minimum Gasteiger partial charge on any atom is -0.343 e. The number of hydrogen-bond acceptors (Lipinski definition) is 4. The molecule has 2 saturated heterocycles. The molecule has 1 spiro atoms. The predicted molar refractivity (Wildman–Crippen MR) is 77.4 cm³/mol. The van der Waals surface area contributed by atoms with E-state index in [-0.39, 0.29) is 5.91 Å². The third-order valence-electron chi connectivity index (χ3n) is 4.77. The third kappa shape index (κ3) is 2.62. The number of hydrogen-bond donors (Lipinski definition) is 0. The number of amides is 1. The summed E-state index contributed by atoms with van der Waals surface area (Å²) in [5, 5.41) is 0. The van der Waals surface area contributed by atoms with Crippen molar-refractivity contribution in [2.24, 2.45) is 5.41 Å². The van der Waals surface area contributed by atoms with E-state index in [1.807, 2.05) is 23.4 Å². The molecule has 3 rings (SSSR count). The van der Waals surface area contributed by atoms with Crippen LogP contribution in [0.25, 0.3) is 0 Å². The summed E-state index contributed by atoms with van der Waals surface area (Å²) >= 11 is 0. The SMILES string of the molecule is CC(=O)N1CCC2(CCCN(c3ncccn3)C2)CC1. The Morgan fingerprint density at radius 2 is 1.85 bits per heavy atom. The Kier molecular flexibility index (Phi) is 3.59. The first kappa shape index (κ1) is 13.3. The van der Waals surface area contributed by atoms with Crippen LogP contribution in [-0.2, 0) is 4.79 Å². The van der Waals surface area contributed by atoms with Crippen LogP contribution in [0, 0.1) is 5.41 Å². The third-order valence-corrected chi connectivity index (χ3v) is 4.77. The number of carbonyl (C=O) groups is 1. The molecule has 0 saturated carbocycles. The van der Waals surface area contributed by atoms with Crippen molar-refractivity contribution in [3.8, 4) is 0 Å². The van der Waals surface area contributed by atoms with Crippen LogP contribution in [0.3, 0.4) is 0 Å². The van der Waals surface area contributed by atoms with Crippen LogP contribution in [0.2, 0.25) is 0 Å². The Labute approximate surface area is 120 Å².